The van der Waals surface area contributed by atoms with E-state index in [1.807, 2.05) is 26.0 Å². The summed E-state index contributed by atoms with van der Waals surface area (Å²) in [4.78, 5) is 17.5. The highest BCUT2D eigenvalue weighted by molar-refractivity contribution is 5.94. The summed E-state index contributed by atoms with van der Waals surface area (Å²) >= 11 is 0. The standard InChI is InChI=1S/C19H26N4O/c1-15(5-4-12-24)13-16(2)21-17(3)18-7-10-23(11-8-18)14-19-6-9-20-22-19/h4-6,9,12-13H,7-8,10-11,14H2,1-3H3,(H,20,22)/b5-4+,15-13+,21-16?. The van der Waals surface area contributed by atoms with Gasteiger partial charge in [-0.05, 0) is 63.0 Å². The first-order valence-electron chi connectivity index (χ1n) is 8.33. The summed E-state index contributed by atoms with van der Waals surface area (Å²) in [6, 6.07) is 2.03. The third kappa shape index (κ3) is 5.74. The molecule has 1 aliphatic rings. The number of rotatable bonds is 6. The molecule has 2 rings (SSSR count). The molecule has 1 aromatic heterocycles. The Hall–Kier alpha value is -2.27. The second kappa shape index (κ2) is 9.13. The zero-order chi connectivity index (χ0) is 17.4. The summed E-state index contributed by atoms with van der Waals surface area (Å²) in [6.45, 7) is 9.09. The number of carbonyl (C=O) groups is 1. The Labute approximate surface area is 143 Å². The molecule has 1 aliphatic heterocycles. The smallest absolute Gasteiger partial charge is 0.142 e. The van der Waals surface area contributed by atoms with Crippen molar-refractivity contribution in [2.45, 2.75) is 40.2 Å². The third-order valence-corrected chi connectivity index (χ3v) is 4.14. The van der Waals surface area contributed by atoms with Crippen molar-refractivity contribution < 1.29 is 4.79 Å². The van der Waals surface area contributed by atoms with E-state index >= 15 is 0 Å². The van der Waals surface area contributed by atoms with Crippen LogP contribution in [0.4, 0.5) is 0 Å². The maximum atomic E-state index is 10.3. The lowest BCUT2D eigenvalue weighted by atomic mass is 10.0. The number of nitrogens with zero attached hydrogens (tertiary/aromatic N) is 3. The molecule has 5 heteroatoms. The summed E-state index contributed by atoms with van der Waals surface area (Å²) in [5, 5.41) is 7.02. The van der Waals surface area contributed by atoms with Crippen LogP contribution < -0.4 is 0 Å². The first kappa shape index (κ1) is 18.1. The van der Waals surface area contributed by atoms with Crippen LogP contribution in [-0.4, -0.2) is 40.2 Å². The molecule has 0 aliphatic carbocycles. The minimum atomic E-state index is 0.786. The summed E-state index contributed by atoms with van der Waals surface area (Å²) < 4.78 is 0. The maximum Gasteiger partial charge on any atom is 0.142 e. The molecule has 0 amide bonds. The van der Waals surface area contributed by atoms with Crippen LogP contribution in [0.15, 0.2) is 52.3 Å². The van der Waals surface area contributed by atoms with Crippen molar-refractivity contribution in [2.24, 2.45) is 4.99 Å². The van der Waals surface area contributed by atoms with Gasteiger partial charge in [-0.3, -0.25) is 19.8 Å². The molecule has 0 atom stereocenters. The van der Waals surface area contributed by atoms with Crippen LogP contribution >= 0.6 is 0 Å². The maximum absolute atomic E-state index is 10.3. The Morgan fingerprint density at radius 2 is 2.08 bits per heavy atom. The summed E-state index contributed by atoms with van der Waals surface area (Å²) in [5.41, 5.74) is 5.71. The van der Waals surface area contributed by atoms with Crippen molar-refractivity contribution in [1.82, 2.24) is 15.1 Å². The van der Waals surface area contributed by atoms with Crippen molar-refractivity contribution in [3.63, 3.8) is 0 Å². The number of H-pyrrole nitrogens is 1. The second-order valence-electron chi connectivity index (χ2n) is 6.18. The molecule has 1 N–H and O–H groups in total. The fraction of sp³-hybridized carbons (Fsp3) is 0.421. The molecular weight excluding hydrogens is 300 g/mol. The Morgan fingerprint density at radius 3 is 2.71 bits per heavy atom. The molecule has 0 radical (unpaired) electrons. The number of carbonyl (C=O) groups excluding carboxylic acids is 1. The van der Waals surface area contributed by atoms with Gasteiger partial charge in [-0.15, -0.1) is 0 Å². The quantitative estimate of drug-likeness (QED) is 0.377. The van der Waals surface area contributed by atoms with E-state index in [0.29, 0.717) is 0 Å². The molecule has 2 heterocycles. The minimum absolute atomic E-state index is 0.786. The number of hydrogen-bond acceptors (Lipinski definition) is 4. The molecule has 0 saturated carbocycles. The van der Waals surface area contributed by atoms with Crippen molar-refractivity contribution >= 4 is 12.0 Å². The van der Waals surface area contributed by atoms with E-state index in [1.54, 1.807) is 12.3 Å². The Kier molecular flexibility index (Phi) is 6.88. The van der Waals surface area contributed by atoms with E-state index in [9.17, 15) is 4.79 Å². The van der Waals surface area contributed by atoms with Gasteiger partial charge >= 0.3 is 0 Å². The first-order valence-corrected chi connectivity index (χ1v) is 8.33. The van der Waals surface area contributed by atoms with E-state index in [4.69, 9.17) is 4.99 Å². The largest absolute Gasteiger partial charge is 0.299 e. The van der Waals surface area contributed by atoms with Crippen molar-refractivity contribution in [3.8, 4) is 0 Å². The Morgan fingerprint density at radius 1 is 1.33 bits per heavy atom. The van der Waals surface area contributed by atoms with E-state index in [0.717, 1.165) is 61.4 Å². The van der Waals surface area contributed by atoms with Gasteiger partial charge in [0.2, 0.25) is 0 Å². The highest BCUT2D eigenvalue weighted by Gasteiger charge is 2.16. The molecule has 128 valence electrons. The number of likely N-dealkylation sites (tertiary alicyclic amines) is 1. The zero-order valence-corrected chi connectivity index (χ0v) is 14.7. The number of nitrogens with one attached hydrogen (secondary N) is 1. The molecule has 1 saturated heterocycles. The van der Waals surface area contributed by atoms with Gasteiger partial charge in [-0.1, -0.05) is 6.08 Å². The van der Waals surface area contributed by atoms with Gasteiger partial charge in [0.1, 0.15) is 6.29 Å². The molecule has 0 unspecified atom stereocenters. The van der Waals surface area contributed by atoms with Gasteiger partial charge in [-0.25, -0.2) is 0 Å². The lowest BCUT2D eigenvalue weighted by Crippen LogP contribution is -2.30. The predicted molar refractivity (Wildman–Crippen MR) is 97.9 cm³/mol. The molecule has 1 aromatic rings. The van der Waals surface area contributed by atoms with Crippen LogP contribution in [0.2, 0.25) is 0 Å². The van der Waals surface area contributed by atoms with E-state index < -0.39 is 0 Å². The lowest BCUT2D eigenvalue weighted by Gasteiger charge is -2.28. The number of aromatic amines is 1. The average molecular weight is 326 g/mol. The number of hydrogen-bond donors (Lipinski definition) is 1. The number of piperidine rings is 1. The van der Waals surface area contributed by atoms with E-state index in [2.05, 4.69) is 22.0 Å². The van der Waals surface area contributed by atoms with Gasteiger partial charge < -0.3 is 0 Å². The number of allylic oxidation sites excluding steroid dienone is 5. The van der Waals surface area contributed by atoms with Crippen LogP contribution in [0.3, 0.4) is 0 Å². The number of aldehydes is 1. The fourth-order valence-electron chi connectivity index (χ4n) is 2.90. The molecule has 1 fully saturated rings. The number of aliphatic imine (C=N–C) groups is 1. The minimum Gasteiger partial charge on any atom is -0.299 e. The predicted octanol–water partition coefficient (Wildman–Crippen LogP) is 3.44. The highest BCUT2D eigenvalue weighted by Crippen LogP contribution is 2.22. The Balaban J connectivity index is 1.93. The summed E-state index contributed by atoms with van der Waals surface area (Å²) in [7, 11) is 0. The fourth-order valence-corrected chi connectivity index (χ4v) is 2.90. The SMILES string of the molecule is CC(/C=C(C)/C=C/C=O)=NC(C)=C1CCN(Cc2ccn[nH]2)CC1. The average Bonchev–Trinajstić information content (AvgIpc) is 3.06. The zero-order valence-electron chi connectivity index (χ0n) is 14.7. The molecule has 24 heavy (non-hydrogen) atoms. The summed E-state index contributed by atoms with van der Waals surface area (Å²) in [6.07, 6.45) is 9.99. The monoisotopic (exact) mass is 326 g/mol. The van der Waals surface area contributed by atoms with Crippen LogP contribution in [0.1, 0.15) is 39.3 Å². The van der Waals surface area contributed by atoms with Gasteiger partial charge in [0.25, 0.3) is 0 Å². The molecule has 0 spiro atoms. The van der Waals surface area contributed by atoms with Gasteiger partial charge in [0, 0.05) is 42.9 Å². The van der Waals surface area contributed by atoms with Crippen LogP contribution in [0, 0.1) is 0 Å². The van der Waals surface area contributed by atoms with Crippen LogP contribution in [-0.2, 0) is 11.3 Å². The van der Waals surface area contributed by atoms with E-state index in [-0.39, 0.29) is 0 Å². The summed E-state index contributed by atoms with van der Waals surface area (Å²) in [5.74, 6) is 0. The molecule has 5 nitrogen and oxygen atoms in total. The van der Waals surface area contributed by atoms with Crippen molar-refractivity contribution in [3.05, 3.63) is 53.0 Å². The lowest BCUT2D eigenvalue weighted by molar-refractivity contribution is -0.104. The molecule has 0 aromatic carbocycles. The third-order valence-electron chi connectivity index (χ3n) is 4.14. The second-order valence-corrected chi connectivity index (χ2v) is 6.18. The van der Waals surface area contributed by atoms with Crippen LogP contribution in [0.5, 0.6) is 0 Å². The van der Waals surface area contributed by atoms with Crippen molar-refractivity contribution in [2.75, 3.05) is 13.1 Å². The van der Waals surface area contributed by atoms with Gasteiger partial charge in [-0.2, -0.15) is 5.10 Å². The Bertz CT molecular complexity index is 656. The molecular formula is C19H26N4O. The van der Waals surface area contributed by atoms with E-state index in [1.165, 1.54) is 11.6 Å². The van der Waals surface area contributed by atoms with Crippen LogP contribution in [0.25, 0.3) is 0 Å². The first-order chi connectivity index (χ1) is 11.6. The topological polar surface area (TPSA) is 61.4 Å². The highest BCUT2D eigenvalue weighted by atomic mass is 16.1. The normalized spacial score (nSPS) is 17.5. The molecule has 0 bridgehead atoms. The van der Waals surface area contributed by atoms with Crippen molar-refractivity contribution in [1.29, 1.82) is 0 Å². The number of aromatic nitrogens is 2. The van der Waals surface area contributed by atoms with Gasteiger partial charge in [0.05, 0.1) is 0 Å². The van der Waals surface area contributed by atoms with Gasteiger partial charge in [0.15, 0.2) is 0 Å².